The molecule has 3 aromatic carbocycles. The molecule has 3 aromatic rings. The van der Waals surface area contributed by atoms with E-state index in [1.807, 2.05) is 0 Å². The molecule has 0 aliphatic carbocycles. The van der Waals surface area contributed by atoms with Gasteiger partial charge in [0.1, 0.15) is 0 Å². The molecular weight excluding hydrogens is 288 g/mol. The first-order valence-electron chi connectivity index (χ1n) is 8.82. The van der Waals surface area contributed by atoms with Crippen LogP contribution in [0.25, 0.3) is 0 Å². The van der Waals surface area contributed by atoms with Crippen LogP contribution in [0.1, 0.15) is 42.4 Å². The van der Waals surface area contributed by atoms with Crippen molar-refractivity contribution in [3.8, 4) is 0 Å². The van der Waals surface area contributed by atoms with E-state index in [4.69, 9.17) is 0 Å². The van der Waals surface area contributed by atoms with E-state index in [2.05, 4.69) is 97.9 Å². The summed E-state index contributed by atoms with van der Waals surface area (Å²) >= 11 is 0. The SMILES string of the molecule is CC(C[C](CCc1ccccc1)c1ccccc1)c1ccccc1. The van der Waals surface area contributed by atoms with Crippen molar-refractivity contribution in [1.29, 1.82) is 0 Å². The van der Waals surface area contributed by atoms with E-state index < -0.39 is 0 Å². The minimum absolute atomic E-state index is 0.539. The van der Waals surface area contributed by atoms with Crippen LogP contribution in [0.2, 0.25) is 0 Å². The second-order valence-corrected chi connectivity index (χ2v) is 6.47. The maximum Gasteiger partial charge on any atom is 0.00590 e. The van der Waals surface area contributed by atoms with Gasteiger partial charge >= 0.3 is 0 Å². The Balaban J connectivity index is 1.72. The molecule has 3 rings (SSSR count). The first-order valence-corrected chi connectivity index (χ1v) is 8.82. The third kappa shape index (κ3) is 4.58. The standard InChI is InChI=1S/C24H25/c1-20(22-13-7-3-8-14-22)19-24(23-15-9-4-10-16-23)18-17-21-11-5-2-6-12-21/h2-16,20H,17-19H2,1H3. The van der Waals surface area contributed by atoms with Gasteiger partial charge in [0.2, 0.25) is 0 Å². The number of rotatable bonds is 7. The normalized spacial score (nSPS) is 12.2. The fraction of sp³-hybridized carbons (Fsp3) is 0.208. The first kappa shape index (κ1) is 16.5. The summed E-state index contributed by atoms with van der Waals surface area (Å²) in [6.45, 7) is 2.33. The molecule has 0 aliphatic heterocycles. The topological polar surface area (TPSA) is 0 Å². The van der Waals surface area contributed by atoms with E-state index in [0.717, 1.165) is 19.3 Å². The smallest absolute Gasteiger partial charge is 0.00590 e. The van der Waals surface area contributed by atoms with Crippen molar-refractivity contribution in [2.24, 2.45) is 0 Å². The third-order valence-corrected chi connectivity index (χ3v) is 4.66. The Kier molecular flexibility index (Phi) is 5.85. The number of aryl methyl sites for hydroxylation is 1. The summed E-state index contributed by atoms with van der Waals surface area (Å²) in [5.74, 6) is 2.09. The Morgan fingerprint density at radius 1 is 0.708 bits per heavy atom. The molecule has 0 saturated carbocycles. The monoisotopic (exact) mass is 313 g/mol. The highest BCUT2D eigenvalue weighted by molar-refractivity contribution is 5.33. The Bertz CT molecular complexity index is 701. The van der Waals surface area contributed by atoms with Gasteiger partial charge in [0.25, 0.3) is 0 Å². The van der Waals surface area contributed by atoms with E-state index in [9.17, 15) is 0 Å². The van der Waals surface area contributed by atoms with E-state index >= 15 is 0 Å². The van der Waals surface area contributed by atoms with Crippen LogP contribution >= 0.6 is 0 Å². The van der Waals surface area contributed by atoms with Crippen LogP contribution in [-0.2, 0) is 6.42 Å². The van der Waals surface area contributed by atoms with E-state index in [-0.39, 0.29) is 0 Å². The molecule has 0 nitrogen and oxygen atoms in total. The van der Waals surface area contributed by atoms with E-state index in [1.165, 1.54) is 16.7 Å². The number of benzene rings is 3. The lowest BCUT2D eigenvalue weighted by Gasteiger charge is -2.21. The van der Waals surface area contributed by atoms with Gasteiger partial charge < -0.3 is 0 Å². The largest absolute Gasteiger partial charge is 0.0622 e. The highest BCUT2D eigenvalue weighted by Crippen LogP contribution is 2.32. The van der Waals surface area contributed by atoms with Gasteiger partial charge in [0.05, 0.1) is 0 Å². The van der Waals surface area contributed by atoms with Crippen molar-refractivity contribution in [2.75, 3.05) is 0 Å². The molecule has 24 heavy (non-hydrogen) atoms. The minimum Gasteiger partial charge on any atom is -0.0622 e. The van der Waals surface area contributed by atoms with Crippen molar-refractivity contribution in [2.45, 2.75) is 32.1 Å². The molecule has 121 valence electrons. The lowest BCUT2D eigenvalue weighted by atomic mass is 9.83. The predicted molar refractivity (Wildman–Crippen MR) is 103 cm³/mol. The molecule has 0 amide bonds. The van der Waals surface area contributed by atoms with Gasteiger partial charge in [-0.1, -0.05) is 97.9 Å². The molecule has 0 fully saturated rings. The predicted octanol–water partition coefficient (Wildman–Crippen LogP) is 6.44. The molecule has 0 spiro atoms. The second kappa shape index (κ2) is 8.49. The Morgan fingerprint density at radius 3 is 1.88 bits per heavy atom. The van der Waals surface area contributed by atoms with Gasteiger partial charge in [0.15, 0.2) is 0 Å². The molecule has 0 bridgehead atoms. The zero-order valence-electron chi connectivity index (χ0n) is 14.4. The van der Waals surface area contributed by atoms with Gasteiger partial charge in [-0.15, -0.1) is 0 Å². The quantitative estimate of drug-likeness (QED) is 0.471. The summed E-state index contributed by atoms with van der Waals surface area (Å²) in [5.41, 5.74) is 4.22. The maximum absolute atomic E-state index is 2.33. The van der Waals surface area contributed by atoms with Crippen LogP contribution < -0.4 is 0 Å². The molecule has 0 aliphatic rings. The summed E-state index contributed by atoms with van der Waals surface area (Å²) in [6.07, 6.45) is 3.33. The van der Waals surface area contributed by atoms with Crippen LogP contribution in [0.3, 0.4) is 0 Å². The van der Waals surface area contributed by atoms with Crippen LogP contribution in [0.5, 0.6) is 0 Å². The molecule has 0 heteroatoms. The zero-order chi connectivity index (χ0) is 16.6. The van der Waals surface area contributed by atoms with Crippen molar-refractivity contribution in [3.63, 3.8) is 0 Å². The Hall–Kier alpha value is -2.34. The highest BCUT2D eigenvalue weighted by Gasteiger charge is 2.17. The second-order valence-electron chi connectivity index (χ2n) is 6.47. The fourth-order valence-electron chi connectivity index (χ4n) is 3.25. The average molecular weight is 313 g/mol. The van der Waals surface area contributed by atoms with Gasteiger partial charge in [-0.05, 0) is 41.9 Å². The van der Waals surface area contributed by atoms with Gasteiger partial charge in [0, 0.05) is 5.92 Å². The van der Waals surface area contributed by atoms with Crippen LogP contribution in [0, 0.1) is 5.92 Å². The van der Waals surface area contributed by atoms with E-state index in [0.29, 0.717) is 5.92 Å². The van der Waals surface area contributed by atoms with Crippen LogP contribution in [-0.4, -0.2) is 0 Å². The number of hydrogen-bond donors (Lipinski definition) is 0. The summed E-state index contributed by atoms with van der Waals surface area (Å²) < 4.78 is 0. The number of hydrogen-bond acceptors (Lipinski definition) is 0. The molecule has 0 heterocycles. The van der Waals surface area contributed by atoms with Gasteiger partial charge in [-0.2, -0.15) is 0 Å². The van der Waals surface area contributed by atoms with Gasteiger partial charge in [-0.3, -0.25) is 0 Å². The van der Waals surface area contributed by atoms with Crippen molar-refractivity contribution >= 4 is 0 Å². The fourth-order valence-corrected chi connectivity index (χ4v) is 3.25. The molecule has 1 unspecified atom stereocenters. The Morgan fingerprint density at radius 2 is 1.25 bits per heavy atom. The van der Waals surface area contributed by atoms with Gasteiger partial charge in [-0.25, -0.2) is 0 Å². The van der Waals surface area contributed by atoms with Crippen molar-refractivity contribution in [3.05, 3.63) is 114 Å². The molecule has 0 N–H and O–H groups in total. The summed E-state index contributed by atoms with van der Waals surface area (Å²) in [5, 5.41) is 0. The van der Waals surface area contributed by atoms with Crippen molar-refractivity contribution in [1.82, 2.24) is 0 Å². The molecular formula is C24H25. The summed E-state index contributed by atoms with van der Waals surface area (Å²) in [4.78, 5) is 0. The third-order valence-electron chi connectivity index (χ3n) is 4.66. The summed E-state index contributed by atoms with van der Waals surface area (Å²) in [6, 6.07) is 32.5. The van der Waals surface area contributed by atoms with Crippen LogP contribution in [0.4, 0.5) is 0 Å². The summed E-state index contributed by atoms with van der Waals surface area (Å²) in [7, 11) is 0. The lowest BCUT2D eigenvalue weighted by molar-refractivity contribution is 0.658. The molecule has 1 atom stereocenters. The van der Waals surface area contributed by atoms with E-state index in [1.54, 1.807) is 5.92 Å². The highest BCUT2D eigenvalue weighted by atomic mass is 14.2. The molecule has 0 aromatic heterocycles. The first-order chi connectivity index (χ1) is 11.8. The zero-order valence-corrected chi connectivity index (χ0v) is 14.4. The molecule has 1 radical (unpaired) electrons. The average Bonchev–Trinajstić information content (AvgIpc) is 2.67. The molecule has 0 saturated heterocycles. The Labute approximate surface area is 146 Å². The maximum atomic E-state index is 2.33. The van der Waals surface area contributed by atoms with Crippen molar-refractivity contribution < 1.29 is 0 Å². The minimum atomic E-state index is 0.539. The lowest BCUT2D eigenvalue weighted by Crippen LogP contribution is -2.07. The van der Waals surface area contributed by atoms with Crippen LogP contribution in [0.15, 0.2) is 91.0 Å².